The number of esters is 1. The number of nitrogens with zero attached hydrogens (tertiary/aromatic N) is 2. The smallest absolute Gasteiger partial charge is 0.302 e. The number of hydrogen-bond donors (Lipinski definition) is 3. The lowest BCUT2D eigenvalue weighted by atomic mass is 10.1. The molecule has 0 aliphatic carbocycles. The van der Waals surface area contributed by atoms with Crippen LogP contribution in [0.1, 0.15) is 27.0 Å². The van der Waals surface area contributed by atoms with Crippen LogP contribution in [0.3, 0.4) is 0 Å². The zero-order chi connectivity index (χ0) is 19.9. The molecule has 2 aromatic rings. The predicted molar refractivity (Wildman–Crippen MR) is 101 cm³/mol. The van der Waals surface area contributed by atoms with Crippen LogP contribution in [0.2, 0.25) is 10.0 Å². The van der Waals surface area contributed by atoms with Gasteiger partial charge in [0.1, 0.15) is 24.9 Å². The van der Waals surface area contributed by atoms with E-state index < -0.39 is 30.5 Å². The summed E-state index contributed by atoms with van der Waals surface area (Å²) in [6.07, 6.45) is -4.32. The number of rotatable bonds is 5. The molecule has 1 aliphatic heterocycles. The van der Waals surface area contributed by atoms with E-state index in [0.717, 1.165) is 0 Å². The first-order chi connectivity index (χ1) is 12.7. The lowest BCUT2D eigenvalue weighted by molar-refractivity contribution is -0.147. The number of benzene rings is 1. The molecule has 1 aromatic heterocycles. The van der Waals surface area contributed by atoms with Gasteiger partial charge in [-0.05, 0) is 26.0 Å². The number of imidazole rings is 1. The van der Waals surface area contributed by atoms with Crippen molar-refractivity contribution in [2.24, 2.45) is 0 Å². The fourth-order valence-electron chi connectivity index (χ4n) is 2.99. The number of anilines is 1. The molecule has 10 heteroatoms. The van der Waals surface area contributed by atoms with Crippen molar-refractivity contribution < 1.29 is 24.5 Å². The molecule has 27 heavy (non-hydrogen) atoms. The van der Waals surface area contributed by atoms with Crippen LogP contribution in [-0.4, -0.2) is 56.7 Å². The Kier molecular flexibility index (Phi) is 5.83. The van der Waals surface area contributed by atoms with Crippen molar-refractivity contribution in [3.8, 4) is 0 Å². The van der Waals surface area contributed by atoms with E-state index in [4.69, 9.17) is 32.7 Å². The molecule has 0 bridgehead atoms. The molecule has 3 N–H and O–H groups in total. The Balaban J connectivity index is 2.03. The summed E-state index contributed by atoms with van der Waals surface area (Å²) in [6, 6.07) is 3.29. The van der Waals surface area contributed by atoms with Gasteiger partial charge in [-0.2, -0.15) is 0 Å². The first-order valence-electron chi connectivity index (χ1n) is 8.47. The summed E-state index contributed by atoms with van der Waals surface area (Å²) < 4.78 is 12.3. The molecule has 0 spiro atoms. The minimum Gasteiger partial charge on any atom is -0.463 e. The van der Waals surface area contributed by atoms with Gasteiger partial charge in [0.15, 0.2) is 6.23 Å². The molecule has 148 valence electrons. The van der Waals surface area contributed by atoms with E-state index >= 15 is 0 Å². The third kappa shape index (κ3) is 4.00. The fraction of sp³-hybridized carbons (Fsp3) is 0.529. The van der Waals surface area contributed by atoms with Gasteiger partial charge in [-0.1, -0.05) is 23.2 Å². The molecule has 3 rings (SSSR count). The Morgan fingerprint density at radius 3 is 2.63 bits per heavy atom. The van der Waals surface area contributed by atoms with Crippen molar-refractivity contribution in [2.45, 2.75) is 51.4 Å². The third-order valence-electron chi connectivity index (χ3n) is 4.19. The molecule has 1 aliphatic rings. The van der Waals surface area contributed by atoms with Crippen molar-refractivity contribution in [3.05, 3.63) is 22.2 Å². The van der Waals surface area contributed by atoms with Gasteiger partial charge < -0.3 is 25.0 Å². The number of hydrogen-bond acceptors (Lipinski definition) is 7. The van der Waals surface area contributed by atoms with Gasteiger partial charge in [0.05, 0.1) is 21.1 Å². The summed E-state index contributed by atoms with van der Waals surface area (Å²) in [7, 11) is 0. The average molecular weight is 418 g/mol. The number of ether oxygens (including phenoxy) is 2. The molecule has 0 unspecified atom stereocenters. The standard InChI is InChI=1S/C17H21Cl2N3O5/c1-7(2)20-17-21-11-4-9(18)10(19)5-12(11)22(17)16-15(25)14(24)13(27-16)6-26-8(3)23/h4-5,7,13-16,24-25H,6H2,1-3H3,(H,20,21)/t13-,14-,15-,16-/m0/s1. The van der Waals surface area contributed by atoms with Crippen LogP contribution in [0.25, 0.3) is 11.0 Å². The van der Waals surface area contributed by atoms with Crippen LogP contribution >= 0.6 is 23.2 Å². The number of aliphatic hydroxyl groups excluding tert-OH is 2. The average Bonchev–Trinajstić information content (AvgIpc) is 3.03. The van der Waals surface area contributed by atoms with Crippen LogP contribution < -0.4 is 5.32 Å². The van der Waals surface area contributed by atoms with Gasteiger partial charge in [-0.25, -0.2) is 4.98 Å². The van der Waals surface area contributed by atoms with Crippen molar-refractivity contribution in [3.63, 3.8) is 0 Å². The Hall–Kier alpha value is -1.58. The van der Waals surface area contributed by atoms with E-state index in [9.17, 15) is 15.0 Å². The van der Waals surface area contributed by atoms with E-state index in [1.165, 1.54) is 6.92 Å². The number of aromatic nitrogens is 2. The molecule has 1 aromatic carbocycles. The number of halogens is 2. The zero-order valence-corrected chi connectivity index (χ0v) is 16.5. The summed E-state index contributed by atoms with van der Waals surface area (Å²) >= 11 is 12.2. The SMILES string of the molecule is CC(=O)OC[C@@H]1O[C@H](n2c(NC(C)C)nc3cc(Cl)c(Cl)cc32)[C@@H](O)[C@H]1O. The van der Waals surface area contributed by atoms with Gasteiger partial charge >= 0.3 is 5.97 Å². The van der Waals surface area contributed by atoms with Crippen molar-refractivity contribution in [1.29, 1.82) is 0 Å². The molecule has 0 radical (unpaired) electrons. The number of carbonyl (C=O) groups excluding carboxylic acids is 1. The number of carbonyl (C=O) groups is 1. The fourth-order valence-corrected chi connectivity index (χ4v) is 3.30. The highest BCUT2D eigenvalue weighted by Gasteiger charge is 2.45. The molecule has 0 saturated carbocycles. The summed E-state index contributed by atoms with van der Waals surface area (Å²) in [5.74, 6) is -0.0665. The van der Waals surface area contributed by atoms with Crippen molar-refractivity contribution >= 4 is 46.2 Å². The molecule has 0 amide bonds. The third-order valence-corrected chi connectivity index (χ3v) is 4.91. The summed E-state index contributed by atoms with van der Waals surface area (Å²) in [6.45, 7) is 4.97. The maximum atomic E-state index is 11.0. The number of fused-ring (bicyclic) bond motifs is 1. The van der Waals surface area contributed by atoms with E-state index in [-0.39, 0.29) is 12.6 Å². The lowest BCUT2D eigenvalue weighted by Gasteiger charge is -2.21. The molecular weight excluding hydrogens is 397 g/mol. The van der Waals surface area contributed by atoms with Crippen LogP contribution in [0.5, 0.6) is 0 Å². The highest BCUT2D eigenvalue weighted by atomic mass is 35.5. The number of nitrogens with one attached hydrogen (secondary N) is 1. The zero-order valence-electron chi connectivity index (χ0n) is 15.0. The van der Waals surface area contributed by atoms with Gasteiger partial charge in [-0.3, -0.25) is 9.36 Å². The molecule has 4 atom stereocenters. The first kappa shape index (κ1) is 20.2. The van der Waals surface area contributed by atoms with Crippen LogP contribution in [-0.2, 0) is 14.3 Å². The molecule has 2 heterocycles. The van der Waals surface area contributed by atoms with Crippen molar-refractivity contribution in [2.75, 3.05) is 11.9 Å². The van der Waals surface area contributed by atoms with E-state index in [2.05, 4.69) is 10.3 Å². The second kappa shape index (κ2) is 7.81. The minimum absolute atomic E-state index is 0.0480. The molecule has 1 fully saturated rings. The van der Waals surface area contributed by atoms with Crippen LogP contribution in [0.4, 0.5) is 5.95 Å². The Morgan fingerprint density at radius 2 is 2.00 bits per heavy atom. The molecule has 8 nitrogen and oxygen atoms in total. The maximum absolute atomic E-state index is 11.0. The Labute approximate surface area is 166 Å². The second-order valence-electron chi connectivity index (χ2n) is 6.71. The summed E-state index contributed by atoms with van der Waals surface area (Å²) in [4.78, 5) is 15.6. The monoisotopic (exact) mass is 417 g/mol. The van der Waals surface area contributed by atoms with Crippen LogP contribution in [0, 0.1) is 0 Å². The maximum Gasteiger partial charge on any atom is 0.302 e. The topological polar surface area (TPSA) is 106 Å². The number of aliphatic hydroxyl groups is 2. The Morgan fingerprint density at radius 1 is 1.33 bits per heavy atom. The quantitative estimate of drug-likeness (QED) is 0.640. The predicted octanol–water partition coefficient (Wildman–Crippen LogP) is 2.35. The molecule has 1 saturated heterocycles. The van der Waals surface area contributed by atoms with Gasteiger partial charge in [0, 0.05) is 13.0 Å². The normalized spacial score (nSPS) is 25.3. The van der Waals surface area contributed by atoms with Gasteiger partial charge in [0.2, 0.25) is 5.95 Å². The highest BCUT2D eigenvalue weighted by molar-refractivity contribution is 6.42. The first-order valence-corrected chi connectivity index (χ1v) is 9.23. The minimum atomic E-state index is -1.26. The van der Waals surface area contributed by atoms with E-state index in [0.29, 0.717) is 27.0 Å². The lowest BCUT2D eigenvalue weighted by Crippen LogP contribution is -2.34. The van der Waals surface area contributed by atoms with Gasteiger partial charge in [-0.15, -0.1) is 0 Å². The second-order valence-corrected chi connectivity index (χ2v) is 7.52. The summed E-state index contributed by atoms with van der Waals surface area (Å²) in [5.41, 5.74) is 1.14. The van der Waals surface area contributed by atoms with Crippen molar-refractivity contribution in [1.82, 2.24) is 9.55 Å². The highest BCUT2D eigenvalue weighted by Crippen LogP contribution is 2.37. The van der Waals surface area contributed by atoms with Gasteiger partial charge in [0.25, 0.3) is 0 Å². The van der Waals surface area contributed by atoms with E-state index in [1.54, 1.807) is 16.7 Å². The van der Waals surface area contributed by atoms with Crippen LogP contribution in [0.15, 0.2) is 12.1 Å². The van der Waals surface area contributed by atoms with E-state index in [1.807, 2.05) is 13.8 Å². The summed E-state index contributed by atoms with van der Waals surface area (Å²) in [5, 5.41) is 24.7. The molecular formula is C17H21Cl2N3O5. The Bertz CT molecular complexity index is 857. The largest absolute Gasteiger partial charge is 0.463 e.